The molecule has 4 nitrogen and oxygen atoms in total. The molecule has 0 aliphatic rings. The van der Waals surface area contributed by atoms with E-state index in [4.69, 9.17) is 4.74 Å². The molecule has 1 N–H and O–H groups in total. The fourth-order valence-electron chi connectivity index (χ4n) is 2.08. The van der Waals surface area contributed by atoms with Gasteiger partial charge in [-0.2, -0.15) is 48.3 Å². The van der Waals surface area contributed by atoms with Crippen LogP contribution in [0.2, 0.25) is 0 Å². The molecule has 0 fully saturated rings. The average molecular weight is 497 g/mol. The summed E-state index contributed by atoms with van der Waals surface area (Å²) in [7, 11) is 0. The maximum absolute atomic E-state index is 14.2. The number of hydrogen-bond donors (Lipinski definition) is 1. The van der Waals surface area contributed by atoms with Crippen LogP contribution in [0, 0.1) is 0 Å². The summed E-state index contributed by atoms with van der Waals surface area (Å²) in [4.78, 5) is 11.7. The van der Waals surface area contributed by atoms with Crippen LogP contribution in [0.5, 0.6) is 11.5 Å². The van der Waals surface area contributed by atoms with Gasteiger partial charge in [-0.1, -0.05) is 18.2 Å². The van der Waals surface area contributed by atoms with E-state index in [1.54, 1.807) is 18.2 Å². The van der Waals surface area contributed by atoms with Crippen LogP contribution >= 0.6 is 0 Å². The third-order valence-corrected chi connectivity index (χ3v) is 3.74. The van der Waals surface area contributed by atoms with Crippen LogP contribution in [-0.4, -0.2) is 36.1 Å². The van der Waals surface area contributed by atoms with E-state index in [-0.39, 0.29) is 5.75 Å². The van der Waals surface area contributed by atoms with Gasteiger partial charge in [0.25, 0.3) is 5.91 Å². The van der Waals surface area contributed by atoms with Crippen molar-refractivity contribution in [1.29, 1.82) is 0 Å². The Bertz CT molecular complexity index is 959. The molecule has 0 aromatic heterocycles. The van der Waals surface area contributed by atoms with E-state index in [9.17, 15) is 53.1 Å². The van der Waals surface area contributed by atoms with Crippen molar-refractivity contribution in [2.75, 3.05) is 5.32 Å². The highest BCUT2D eigenvalue weighted by Crippen LogP contribution is 2.51. The van der Waals surface area contributed by atoms with Gasteiger partial charge in [0.05, 0.1) is 0 Å². The molecule has 0 aliphatic heterocycles. The quantitative estimate of drug-likeness (QED) is 0.448. The number of halogens is 11. The molecule has 1 amide bonds. The number of amides is 1. The molecule has 2 aromatic carbocycles. The van der Waals surface area contributed by atoms with Crippen LogP contribution in [0.3, 0.4) is 0 Å². The van der Waals surface area contributed by atoms with Crippen LogP contribution in [0.25, 0.3) is 0 Å². The lowest BCUT2D eigenvalue weighted by Crippen LogP contribution is -2.62. The molecular weight excluding hydrogens is 487 g/mol. The molecule has 0 heterocycles. The van der Waals surface area contributed by atoms with E-state index in [0.717, 1.165) is 29.6 Å². The Balaban J connectivity index is 2.25. The number of anilines is 1. The van der Waals surface area contributed by atoms with Gasteiger partial charge in [0.1, 0.15) is 11.5 Å². The Kier molecular flexibility index (Phi) is 6.88. The molecule has 0 bridgehead atoms. The van der Waals surface area contributed by atoms with Gasteiger partial charge in [0, 0.05) is 5.69 Å². The van der Waals surface area contributed by atoms with Crippen LogP contribution < -0.4 is 10.1 Å². The first kappa shape index (κ1) is 26.2. The van der Waals surface area contributed by atoms with Crippen LogP contribution in [-0.2, 0) is 9.53 Å². The number of ether oxygens (including phenoxy) is 2. The smallest absolute Gasteiger partial charge is 0.457 e. The van der Waals surface area contributed by atoms with Crippen molar-refractivity contribution in [2.24, 2.45) is 0 Å². The molecule has 0 radical (unpaired) electrons. The van der Waals surface area contributed by atoms with Crippen LogP contribution in [0.15, 0.2) is 54.6 Å². The molecule has 33 heavy (non-hydrogen) atoms. The lowest BCUT2D eigenvalue weighted by atomic mass is 10.2. The van der Waals surface area contributed by atoms with E-state index >= 15 is 0 Å². The Morgan fingerprint density at radius 1 is 0.667 bits per heavy atom. The Morgan fingerprint density at radius 2 is 1.15 bits per heavy atom. The van der Waals surface area contributed by atoms with Gasteiger partial charge in [-0.25, -0.2) is 0 Å². The molecule has 0 saturated heterocycles. The second-order valence-electron chi connectivity index (χ2n) is 6.18. The number of benzene rings is 2. The fraction of sp³-hybridized carbons (Fsp3) is 0.278. The summed E-state index contributed by atoms with van der Waals surface area (Å²) in [5, 5.41) is 1.12. The van der Waals surface area contributed by atoms with Crippen molar-refractivity contribution < 1.29 is 62.6 Å². The molecule has 182 valence electrons. The fourth-order valence-corrected chi connectivity index (χ4v) is 2.08. The topological polar surface area (TPSA) is 47.6 Å². The van der Waals surface area contributed by atoms with Gasteiger partial charge in [-0.3, -0.25) is 9.53 Å². The average Bonchev–Trinajstić information content (AvgIpc) is 2.68. The first-order chi connectivity index (χ1) is 14.9. The molecule has 0 unspecified atom stereocenters. The summed E-state index contributed by atoms with van der Waals surface area (Å²) in [6, 6.07) is 11.6. The van der Waals surface area contributed by atoms with E-state index in [1.807, 2.05) is 0 Å². The van der Waals surface area contributed by atoms with Gasteiger partial charge in [-0.15, -0.1) is 0 Å². The SMILES string of the molecule is O=C(Nc1ccc(Oc2ccccc2)cc1)[C@@](F)(OC(F)(F)C(F)(F)C(F)(F)F)C(F)(F)F. The van der Waals surface area contributed by atoms with Crippen molar-refractivity contribution in [3.8, 4) is 11.5 Å². The molecule has 1 atom stereocenters. The van der Waals surface area contributed by atoms with Crippen molar-refractivity contribution in [3.63, 3.8) is 0 Å². The van der Waals surface area contributed by atoms with Crippen LogP contribution in [0.4, 0.5) is 54.0 Å². The standard InChI is InChI=1S/C18H10F11NO3/c19-14(16(22,23)24,33-18(28,29)15(20,21)17(25,26)27)13(31)30-10-6-8-12(9-7-10)32-11-4-2-1-3-5-11/h1-9H,(H,30,31)/t14-/m1/s1. The molecule has 15 heteroatoms. The Labute approximate surface area is 176 Å². The van der Waals surface area contributed by atoms with E-state index in [2.05, 4.69) is 4.74 Å². The van der Waals surface area contributed by atoms with Crippen molar-refractivity contribution in [3.05, 3.63) is 54.6 Å². The zero-order valence-electron chi connectivity index (χ0n) is 15.6. The second kappa shape index (κ2) is 8.68. The third-order valence-electron chi connectivity index (χ3n) is 3.74. The number of carbonyl (C=O) groups excluding carboxylic acids is 1. The Morgan fingerprint density at radius 3 is 1.61 bits per heavy atom. The van der Waals surface area contributed by atoms with E-state index < -0.39 is 41.8 Å². The zero-order valence-corrected chi connectivity index (χ0v) is 15.6. The van der Waals surface area contributed by atoms with E-state index in [1.165, 1.54) is 12.1 Å². The predicted octanol–water partition coefficient (Wildman–Crippen LogP) is 6.45. The molecule has 2 aromatic rings. The summed E-state index contributed by atoms with van der Waals surface area (Å²) >= 11 is 0. The summed E-state index contributed by atoms with van der Waals surface area (Å²) in [5.41, 5.74) is -0.693. The van der Waals surface area contributed by atoms with Crippen molar-refractivity contribution in [2.45, 2.75) is 30.2 Å². The lowest BCUT2D eigenvalue weighted by molar-refractivity contribution is -0.472. The number of nitrogens with one attached hydrogen (secondary N) is 1. The van der Waals surface area contributed by atoms with Crippen molar-refractivity contribution in [1.82, 2.24) is 0 Å². The normalized spacial score (nSPS) is 15.0. The summed E-state index contributed by atoms with van der Waals surface area (Å²) in [6.07, 6.45) is -21.0. The number of para-hydroxylation sites is 1. The predicted molar refractivity (Wildman–Crippen MR) is 88.5 cm³/mol. The van der Waals surface area contributed by atoms with Gasteiger partial charge >= 0.3 is 30.2 Å². The van der Waals surface area contributed by atoms with Gasteiger partial charge < -0.3 is 10.1 Å². The highest BCUT2D eigenvalue weighted by atomic mass is 19.4. The number of carbonyl (C=O) groups is 1. The monoisotopic (exact) mass is 497 g/mol. The number of rotatable bonds is 7. The Hall–Kier alpha value is -3.10. The minimum Gasteiger partial charge on any atom is -0.457 e. The molecule has 0 aliphatic carbocycles. The van der Waals surface area contributed by atoms with Gasteiger partial charge in [-0.05, 0) is 36.4 Å². The molecule has 0 saturated carbocycles. The van der Waals surface area contributed by atoms with Gasteiger partial charge in [0.2, 0.25) is 0 Å². The largest absolute Gasteiger partial charge is 0.462 e. The lowest BCUT2D eigenvalue weighted by Gasteiger charge is -2.34. The molecular formula is C18H10F11NO3. The number of hydrogen-bond acceptors (Lipinski definition) is 3. The second-order valence-corrected chi connectivity index (χ2v) is 6.18. The minimum atomic E-state index is -7.26. The van der Waals surface area contributed by atoms with E-state index in [0.29, 0.717) is 5.75 Å². The minimum absolute atomic E-state index is 0.0501. The van der Waals surface area contributed by atoms with Crippen LogP contribution in [0.1, 0.15) is 0 Å². The molecule has 2 rings (SSSR count). The third kappa shape index (κ3) is 5.46. The summed E-state index contributed by atoms with van der Waals surface area (Å²) < 4.78 is 149. The summed E-state index contributed by atoms with van der Waals surface area (Å²) in [6.45, 7) is 0. The van der Waals surface area contributed by atoms with Crippen molar-refractivity contribution >= 4 is 11.6 Å². The highest BCUT2D eigenvalue weighted by molar-refractivity contribution is 5.96. The highest BCUT2D eigenvalue weighted by Gasteiger charge is 2.79. The maximum Gasteiger partial charge on any atom is 0.462 e. The maximum atomic E-state index is 14.2. The van der Waals surface area contributed by atoms with Gasteiger partial charge in [0.15, 0.2) is 0 Å². The first-order valence-corrected chi connectivity index (χ1v) is 8.33. The first-order valence-electron chi connectivity index (χ1n) is 8.33. The number of alkyl halides is 11. The summed E-state index contributed by atoms with van der Waals surface area (Å²) in [5.74, 6) is -16.3. The molecule has 0 spiro atoms. The zero-order chi connectivity index (χ0) is 25.3.